The molecule has 1 N–H and O–H groups in total. The highest BCUT2D eigenvalue weighted by atomic mass is 14.8. The third-order valence-corrected chi connectivity index (χ3v) is 2.20. The van der Waals surface area contributed by atoms with Crippen LogP contribution < -0.4 is 5.32 Å². The molecule has 1 heteroatoms. The summed E-state index contributed by atoms with van der Waals surface area (Å²) in [5, 5.41) is 3.05. The topological polar surface area (TPSA) is 12.0 Å². The van der Waals surface area contributed by atoms with E-state index < -0.39 is 0 Å². The Hall–Kier alpha value is -2.20. The highest BCUT2D eigenvalue weighted by Crippen LogP contribution is 2.03. The lowest BCUT2D eigenvalue weighted by atomic mass is 10.2. The molecule has 1 nitrogen and oxygen atoms in total. The van der Waals surface area contributed by atoms with Crippen molar-refractivity contribution in [2.45, 2.75) is 6.42 Å². The van der Waals surface area contributed by atoms with Crippen LogP contribution in [0.25, 0.3) is 0 Å². The largest absolute Gasteiger partial charge is 0.315 e. The molecular weight excluding hydrogens is 194 g/mol. The average Bonchev–Trinajstić information content (AvgIpc) is 2.37. The Morgan fingerprint density at radius 1 is 0.812 bits per heavy atom. The third-order valence-electron chi connectivity index (χ3n) is 2.20. The zero-order valence-electron chi connectivity index (χ0n) is 8.98. The van der Waals surface area contributed by atoms with E-state index in [0.717, 1.165) is 12.1 Å². The molecule has 0 amide bonds. The molecule has 0 bridgehead atoms. The van der Waals surface area contributed by atoms with Crippen LogP contribution in [0.5, 0.6) is 0 Å². The molecule has 0 aliphatic heterocycles. The fourth-order valence-electron chi connectivity index (χ4n) is 1.38. The second-order valence-electron chi connectivity index (χ2n) is 3.46. The van der Waals surface area contributed by atoms with Crippen LogP contribution in [0.15, 0.2) is 60.7 Å². The molecule has 0 saturated carbocycles. The van der Waals surface area contributed by atoms with E-state index in [0.29, 0.717) is 0 Å². The maximum atomic E-state index is 3.09. The Labute approximate surface area is 96.1 Å². The van der Waals surface area contributed by atoms with Gasteiger partial charge in [0.25, 0.3) is 0 Å². The molecule has 0 heterocycles. The fraction of sp³-hybridized carbons (Fsp3) is 0.0667. The number of hydrogen-bond acceptors (Lipinski definition) is 1. The molecule has 78 valence electrons. The lowest BCUT2D eigenvalue weighted by Crippen LogP contribution is -1.87. The third kappa shape index (κ3) is 3.18. The summed E-state index contributed by atoms with van der Waals surface area (Å²) in [7, 11) is 0. The minimum Gasteiger partial charge on any atom is -0.315 e. The summed E-state index contributed by atoms with van der Waals surface area (Å²) in [5.41, 5.74) is 2.27. The van der Waals surface area contributed by atoms with E-state index in [4.69, 9.17) is 0 Å². The van der Waals surface area contributed by atoms with Gasteiger partial charge in [0, 0.05) is 18.2 Å². The van der Waals surface area contributed by atoms with Crippen LogP contribution >= 0.6 is 0 Å². The summed E-state index contributed by atoms with van der Waals surface area (Å²) in [6, 6.07) is 23.1. The minimum absolute atomic E-state index is 0.778. The monoisotopic (exact) mass is 207 g/mol. The van der Waals surface area contributed by atoms with Crippen LogP contribution in [-0.4, -0.2) is 0 Å². The van der Waals surface area contributed by atoms with Crippen molar-refractivity contribution in [2.75, 3.05) is 5.32 Å². The van der Waals surface area contributed by atoms with Crippen LogP contribution in [0.4, 0.5) is 5.69 Å². The van der Waals surface area contributed by atoms with Gasteiger partial charge in [-0.15, -0.1) is 0 Å². The van der Waals surface area contributed by atoms with Crippen molar-refractivity contribution in [2.24, 2.45) is 0 Å². The predicted octanol–water partition coefficient (Wildman–Crippen LogP) is 3.30. The quantitative estimate of drug-likeness (QED) is 0.588. The Morgan fingerprint density at radius 2 is 1.44 bits per heavy atom. The Kier molecular flexibility index (Phi) is 3.63. The standard InChI is InChI=1S/C15H13N/c1-3-8-14(9-4-1)10-7-13-16-15-11-5-2-6-12-15/h1-6,8-9,11-12,16H,10H2. The first-order valence-electron chi connectivity index (χ1n) is 5.28. The first-order valence-corrected chi connectivity index (χ1v) is 5.28. The van der Waals surface area contributed by atoms with Gasteiger partial charge in [0.15, 0.2) is 0 Å². The number of rotatable bonds is 2. The second-order valence-corrected chi connectivity index (χ2v) is 3.46. The molecule has 0 radical (unpaired) electrons. The van der Waals surface area contributed by atoms with Gasteiger partial charge in [0.05, 0.1) is 0 Å². The molecular formula is C15H13N. The normalized spacial score (nSPS) is 9.00. The van der Waals surface area contributed by atoms with Crippen LogP contribution in [0.1, 0.15) is 5.56 Å². The molecule has 0 spiro atoms. The maximum absolute atomic E-state index is 3.09. The van der Waals surface area contributed by atoms with Crippen molar-refractivity contribution < 1.29 is 0 Å². The Morgan fingerprint density at radius 3 is 2.12 bits per heavy atom. The highest BCUT2D eigenvalue weighted by Gasteiger charge is 1.85. The van der Waals surface area contributed by atoms with E-state index >= 15 is 0 Å². The number of hydrogen-bond donors (Lipinski definition) is 1. The number of para-hydroxylation sites is 1. The summed E-state index contributed by atoms with van der Waals surface area (Å²) in [6.07, 6.45) is 0.778. The SMILES string of the molecule is C(#CNc1ccccc1)Cc1ccccc1. The molecule has 2 aromatic carbocycles. The molecule has 0 aliphatic rings. The molecule has 0 fully saturated rings. The second kappa shape index (κ2) is 5.63. The summed E-state index contributed by atoms with van der Waals surface area (Å²) < 4.78 is 0. The zero-order valence-corrected chi connectivity index (χ0v) is 8.98. The molecule has 2 aromatic rings. The van der Waals surface area contributed by atoms with Gasteiger partial charge in [0.1, 0.15) is 0 Å². The van der Waals surface area contributed by atoms with E-state index in [-0.39, 0.29) is 0 Å². The van der Waals surface area contributed by atoms with Crippen LogP contribution in [0.3, 0.4) is 0 Å². The van der Waals surface area contributed by atoms with Crippen molar-refractivity contribution in [1.82, 2.24) is 0 Å². The van der Waals surface area contributed by atoms with Crippen LogP contribution in [0.2, 0.25) is 0 Å². The summed E-state index contributed by atoms with van der Waals surface area (Å²) in [4.78, 5) is 0. The number of nitrogens with one attached hydrogen (secondary N) is 1. The molecule has 16 heavy (non-hydrogen) atoms. The zero-order chi connectivity index (χ0) is 11.1. The molecule has 2 rings (SSSR count). The van der Waals surface area contributed by atoms with E-state index in [1.54, 1.807) is 0 Å². The molecule has 0 saturated heterocycles. The van der Waals surface area contributed by atoms with E-state index in [2.05, 4.69) is 29.4 Å². The van der Waals surface area contributed by atoms with Crippen molar-refractivity contribution in [3.8, 4) is 12.0 Å². The van der Waals surface area contributed by atoms with Crippen LogP contribution in [0, 0.1) is 12.0 Å². The van der Waals surface area contributed by atoms with Crippen molar-refractivity contribution in [3.63, 3.8) is 0 Å². The van der Waals surface area contributed by atoms with Crippen molar-refractivity contribution >= 4 is 5.69 Å². The maximum Gasteiger partial charge on any atom is 0.0459 e. The van der Waals surface area contributed by atoms with Gasteiger partial charge < -0.3 is 5.32 Å². The Bertz CT molecular complexity index is 432. The summed E-state index contributed by atoms with van der Waals surface area (Å²) in [5.74, 6) is 3.09. The number of benzene rings is 2. The van der Waals surface area contributed by atoms with Crippen molar-refractivity contribution in [3.05, 3.63) is 66.2 Å². The van der Waals surface area contributed by atoms with Gasteiger partial charge >= 0.3 is 0 Å². The minimum atomic E-state index is 0.778. The predicted molar refractivity (Wildman–Crippen MR) is 68.0 cm³/mol. The average molecular weight is 207 g/mol. The molecule has 0 aromatic heterocycles. The van der Waals surface area contributed by atoms with Crippen LogP contribution in [-0.2, 0) is 6.42 Å². The van der Waals surface area contributed by atoms with Gasteiger partial charge in [-0.1, -0.05) is 54.5 Å². The van der Waals surface area contributed by atoms with Gasteiger partial charge in [-0.05, 0) is 17.7 Å². The first-order chi connectivity index (χ1) is 7.95. The highest BCUT2D eigenvalue weighted by molar-refractivity contribution is 5.47. The summed E-state index contributed by atoms with van der Waals surface area (Å²) in [6.45, 7) is 0. The van der Waals surface area contributed by atoms with Gasteiger partial charge in [-0.25, -0.2) is 0 Å². The lowest BCUT2D eigenvalue weighted by molar-refractivity contribution is 1.32. The van der Waals surface area contributed by atoms with Gasteiger partial charge in [-0.3, -0.25) is 0 Å². The van der Waals surface area contributed by atoms with Gasteiger partial charge in [0.2, 0.25) is 0 Å². The van der Waals surface area contributed by atoms with E-state index in [1.807, 2.05) is 48.5 Å². The van der Waals surface area contributed by atoms with Crippen molar-refractivity contribution in [1.29, 1.82) is 0 Å². The van der Waals surface area contributed by atoms with E-state index in [9.17, 15) is 0 Å². The summed E-state index contributed by atoms with van der Waals surface area (Å²) >= 11 is 0. The molecule has 0 aliphatic carbocycles. The van der Waals surface area contributed by atoms with Gasteiger partial charge in [-0.2, -0.15) is 0 Å². The molecule has 0 atom stereocenters. The number of anilines is 1. The molecule has 0 unspecified atom stereocenters. The first kappa shape index (κ1) is 10.3. The Balaban J connectivity index is 1.88. The van der Waals surface area contributed by atoms with E-state index in [1.165, 1.54) is 5.56 Å². The smallest absolute Gasteiger partial charge is 0.0459 e. The lowest BCUT2D eigenvalue weighted by Gasteiger charge is -1.95. The fourth-order valence-corrected chi connectivity index (χ4v) is 1.38.